The standard InChI is InChI=1S/C8H13N3O2S/c1-8(2,12)7-6(14(9,10)13)4-3-5-11-7/h3-5,12H,1-2H3,(H3,9,10,13). The molecule has 0 saturated carbocycles. The van der Waals surface area contributed by atoms with E-state index < -0.39 is 15.5 Å². The molecule has 1 heterocycles. The maximum absolute atomic E-state index is 11.3. The summed E-state index contributed by atoms with van der Waals surface area (Å²) >= 11 is 0. The summed E-state index contributed by atoms with van der Waals surface area (Å²) < 4.78 is 18.6. The zero-order valence-corrected chi connectivity index (χ0v) is 8.84. The van der Waals surface area contributed by atoms with Gasteiger partial charge in [0.15, 0.2) is 0 Å². The molecule has 0 saturated heterocycles. The lowest BCUT2D eigenvalue weighted by Gasteiger charge is -2.19. The van der Waals surface area contributed by atoms with E-state index in [0.29, 0.717) is 0 Å². The van der Waals surface area contributed by atoms with Gasteiger partial charge in [-0.3, -0.25) is 4.98 Å². The maximum atomic E-state index is 11.3. The van der Waals surface area contributed by atoms with Crippen molar-refractivity contribution in [2.45, 2.75) is 24.3 Å². The Morgan fingerprint density at radius 3 is 2.57 bits per heavy atom. The minimum absolute atomic E-state index is 0.0764. The Labute approximate surface area is 83.1 Å². The number of aromatic nitrogens is 1. The zero-order chi connectivity index (χ0) is 11.0. The van der Waals surface area contributed by atoms with E-state index in [-0.39, 0.29) is 10.6 Å². The van der Waals surface area contributed by atoms with Crippen LogP contribution in [0.4, 0.5) is 0 Å². The summed E-state index contributed by atoms with van der Waals surface area (Å²) in [6.45, 7) is 3.01. The molecule has 0 radical (unpaired) electrons. The van der Waals surface area contributed by atoms with Crippen molar-refractivity contribution >= 4 is 9.92 Å². The molecular weight excluding hydrogens is 202 g/mol. The highest BCUT2D eigenvalue weighted by molar-refractivity contribution is 7.90. The molecule has 14 heavy (non-hydrogen) atoms. The molecule has 6 heteroatoms. The zero-order valence-electron chi connectivity index (χ0n) is 8.02. The molecule has 0 aromatic carbocycles. The monoisotopic (exact) mass is 215 g/mol. The number of nitrogens with two attached hydrogens (primary N) is 1. The van der Waals surface area contributed by atoms with E-state index in [1.165, 1.54) is 32.2 Å². The molecule has 0 fully saturated rings. The number of nitrogens with one attached hydrogen (secondary N) is 1. The molecule has 1 unspecified atom stereocenters. The first-order valence-electron chi connectivity index (χ1n) is 3.97. The third-order valence-electron chi connectivity index (χ3n) is 1.68. The molecule has 0 spiro atoms. The van der Waals surface area contributed by atoms with Gasteiger partial charge in [-0.15, -0.1) is 0 Å². The lowest BCUT2D eigenvalue weighted by molar-refractivity contribution is 0.0706. The van der Waals surface area contributed by atoms with Crippen LogP contribution >= 0.6 is 0 Å². The van der Waals surface area contributed by atoms with Crippen molar-refractivity contribution in [3.05, 3.63) is 24.0 Å². The quantitative estimate of drug-likeness (QED) is 0.673. The van der Waals surface area contributed by atoms with Gasteiger partial charge in [0.1, 0.15) is 15.5 Å². The number of hydrogen-bond donors (Lipinski definition) is 3. The molecule has 78 valence electrons. The van der Waals surface area contributed by atoms with E-state index in [4.69, 9.17) is 9.92 Å². The molecule has 0 amide bonds. The fraction of sp³-hybridized carbons (Fsp3) is 0.375. The van der Waals surface area contributed by atoms with Crippen LogP contribution in [-0.2, 0) is 15.5 Å². The first-order valence-corrected chi connectivity index (χ1v) is 5.59. The molecule has 5 nitrogen and oxygen atoms in total. The summed E-state index contributed by atoms with van der Waals surface area (Å²) in [5.74, 6) is 0. The SMILES string of the molecule is CC(C)(O)c1ncccc1S(=N)(N)=O. The third-order valence-corrected chi connectivity index (χ3v) is 2.66. The number of hydrogen-bond acceptors (Lipinski definition) is 4. The van der Waals surface area contributed by atoms with Gasteiger partial charge in [0.2, 0.25) is 0 Å². The minimum atomic E-state index is -3.34. The average Bonchev–Trinajstić information content (AvgIpc) is 2.01. The van der Waals surface area contributed by atoms with Crippen LogP contribution in [0.15, 0.2) is 23.2 Å². The van der Waals surface area contributed by atoms with Gasteiger partial charge < -0.3 is 5.11 Å². The van der Waals surface area contributed by atoms with Crippen LogP contribution in [0, 0.1) is 4.78 Å². The fourth-order valence-electron chi connectivity index (χ4n) is 1.09. The van der Waals surface area contributed by atoms with Crippen LogP contribution in [0.3, 0.4) is 0 Å². The van der Waals surface area contributed by atoms with Gasteiger partial charge >= 0.3 is 0 Å². The molecule has 0 aliphatic carbocycles. The van der Waals surface area contributed by atoms with Crippen LogP contribution in [0.1, 0.15) is 19.5 Å². The molecule has 1 atom stereocenters. The minimum Gasteiger partial charge on any atom is -0.384 e. The summed E-state index contributed by atoms with van der Waals surface area (Å²) in [5.41, 5.74) is -1.07. The van der Waals surface area contributed by atoms with Crippen molar-refractivity contribution < 1.29 is 9.32 Å². The van der Waals surface area contributed by atoms with Crippen LogP contribution in [-0.4, -0.2) is 14.3 Å². The number of nitrogens with zero attached hydrogens (tertiary/aromatic N) is 1. The fourth-order valence-corrected chi connectivity index (χ4v) is 1.97. The molecule has 0 aliphatic rings. The molecular formula is C8H13N3O2S. The van der Waals surface area contributed by atoms with Gasteiger partial charge in [-0.2, -0.15) is 0 Å². The van der Waals surface area contributed by atoms with E-state index >= 15 is 0 Å². The Balaban J connectivity index is 3.47. The summed E-state index contributed by atoms with van der Waals surface area (Å²) in [6.07, 6.45) is 1.46. The van der Waals surface area contributed by atoms with E-state index in [1.54, 1.807) is 0 Å². The molecule has 4 N–H and O–H groups in total. The van der Waals surface area contributed by atoms with E-state index in [1.807, 2.05) is 0 Å². The summed E-state index contributed by atoms with van der Waals surface area (Å²) in [5, 5.41) is 14.9. The smallest absolute Gasteiger partial charge is 0.134 e. The van der Waals surface area contributed by atoms with Crippen LogP contribution < -0.4 is 5.14 Å². The Bertz CT molecular complexity index is 434. The predicted octanol–water partition coefficient (Wildman–Crippen LogP) is 0.588. The van der Waals surface area contributed by atoms with Gasteiger partial charge in [-0.25, -0.2) is 14.1 Å². The highest BCUT2D eigenvalue weighted by Gasteiger charge is 2.24. The van der Waals surface area contributed by atoms with Gasteiger partial charge in [-0.1, -0.05) is 0 Å². The number of pyridine rings is 1. The average molecular weight is 215 g/mol. The molecule has 1 aromatic heterocycles. The highest BCUT2D eigenvalue weighted by atomic mass is 32.2. The third kappa shape index (κ3) is 2.28. The van der Waals surface area contributed by atoms with E-state index in [9.17, 15) is 9.32 Å². The first-order chi connectivity index (χ1) is 6.23. The lowest BCUT2D eigenvalue weighted by atomic mass is 10.1. The van der Waals surface area contributed by atoms with Crippen LogP contribution in [0.25, 0.3) is 0 Å². The second kappa shape index (κ2) is 3.30. The number of rotatable bonds is 2. The Hall–Kier alpha value is -0.980. The second-order valence-corrected chi connectivity index (χ2v) is 5.15. The van der Waals surface area contributed by atoms with Gasteiger partial charge in [-0.05, 0) is 26.0 Å². The van der Waals surface area contributed by atoms with Gasteiger partial charge in [0, 0.05) is 6.20 Å². The molecule has 0 aliphatic heterocycles. The van der Waals surface area contributed by atoms with Crippen LogP contribution in [0.5, 0.6) is 0 Å². The second-order valence-electron chi connectivity index (χ2n) is 3.51. The van der Waals surface area contributed by atoms with Crippen molar-refractivity contribution in [1.29, 1.82) is 4.78 Å². The Morgan fingerprint density at radius 1 is 1.64 bits per heavy atom. The van der Waals surface area contributed by atoms with E-state index in [0.717, 1.165) is 0 Å². The Morgan fingerprint density at radius 2 is 2.21 bits per heavy atom. The maximum Gasteiger partial charge on any atom is 0.134 e. The van der Waals surface area contributed by atoms with Gasteiger partial charge in [0.25, 0.3) is 0 Å². The first kappa shape index (κ1) is 11.1. The largest absolute Gasteiger partial charge is 0.384 e. The van der Waals surface area contributed by atoms with Crippen molar-refractivity contribution in [3.8, 4) is 0 Å². The van der Waals surface area contributed by atoms with Crippen molar-refractivity contribution in [2.75, 3.05) is 0 Å². The normalized spacial score (nSPS) is 16.3. The molecule has 1 rings (SSSR count). The van der Waals surface area contributed by atoms with Crippen molar-refractivity contribution in [3.63, 3.8) is 0 Å². The topological polar surface area (TPSA) is 100 Å². The molecule has 1 aromatic rings. The lowest BCUT2D eigenvalue weighted by Crippen LogP contribution is -2.23. The summed E-state index contributed by atoms with van der Waals surface area (Å²) in [7, 11) is -3.34. The number of aliphatic hydroxyl groups is 1. The van der Waals surface area contributed by atoms with Crippen LogP contribution in [0.2, 0.25) is 0 Å². The molecule has 0 bridgehead atoms. The van der Waals surface area contributed by atoms with Crippen molar-refractivity contribution in [1.82, 2.24) is 4.98 Å². The summed E-state index contributed by atoms with van der Waals surface area (Å²) in [4.78, 5) is 3.96. The van der Waals surface area contributed by atoms with Gasteiger partial charge in [0.05, 0.1) is 10.6 Å². The highest BCUT2D eigenvalue weighted by Crippen LogP contribution is 2.23. The summed E-state index contributed by atoms with van der Waals surface area (Å²) in [6, 6.07) is 2.97. The van der Waals surface area contributed by atoms with E-state index in [2.05, 4.69) is 4.98 Å². The predicted molar refractivity (Wildman–Crippen MR) is 52.8 cm³/mol. The van der Waals surface area contributed by atoms with Crippen molar-refractivity contribution in [2.24, 2.45) is 5.14 Å². The Kier molecular flexibility index (Phi) is 2.62.